The molecular weight excluding hydrogens is 287 g/mol. The van der Waals surface area contributed by atoms with Gasteiger partial charge in [0.25, 0.3) is 0 Å². The molecule has 11 heteroatoms. The summed E-state index contributed by atoms with van der Waals surface area (Å²) in [6.45, 7) is 0. The van der Waals surface area contributed by atoms with Crippen molar-refractivity contribution in [1.29, 1.82) is 0 Å². The number of hydrogen-bond acceptors (Lipinski definition) is 8. The van der Waals surface area contributed by atoms with Gasteiger partial charge in [-0.05, 0) is 24.3 Å². The molecule has 0 amide bonds. The van der Waals surface area contributed by atoms with Gasteiger partial charge >= 0.3 is 16.5 Å². The quantitative estimate of drug-likeness (QED) is 0.303. The van der Waals surface area contributed by atoms with E-state index < -0.39 is 10.2 Å². The van der Waals surface area contributed by atoms with Crippen molar-refractivity contribution in [2.75, 3.05) is 0 Å². The average molecular weight is 293 g/mol. The Balaban J connectivity index is -0.000000189. The summed E-state index contributed by atoms with van der Waals surface area (Å²) < 4.78 is 0. The molecule has 2 N–H and O–H groups in total. The van der Waals surface area contributed by atoms with E-state index in [4.69, 9.17) is 40.9 Å². The van der Waals surface area contributed by atoms with E-state index in [-0.39, 0.29) is 28.0 Å². The van der Waals surface area contributed by atoms with Crippen LogP contribution in [-0.4, -0.2) is 20.4 Å². The number of benzene rings is 1. The van der Waals surface area contributed by atoms with Crippen molar-refractivity contribution in [3.05, 3.63) is 54.9 Å². The van der Waals surface area contributed by atoms with Crippen molar-refractivity contribution in [1.82, 2.24) is 0 Å². The standard InChI is InChI=1S/C6H6O2.2NO3.Ni/c7-5-1-2-6(8)4-3-5;2*2-1(3)4;/h1-4,7-8H;;;/q;2*-1;+2. The zero-order chi connectivity index (χ0) is 13.1. The first-order valence-electron chi connectivity index (χ1n) is 3.36. The molecule has 0 aliphatic rings. The van der Waals surface area contributed by atoms with Crippen molar-refractivity contribution >= 4 is 0 Å². The van der Waals surface area contributed by atoms with Crippen LogP contribution in [0.15, 0.2) is 24.3 Å². The van der Waals surface area contributed by atoms with Crippen molar-refractivity contribution in [2.24, 2.45) is 0 Å². The SMILES string of the molecule is O=[N+]([O-])[O-].O=[N+]([O-])[O-].Oc1ccc(O)cc1.[Ni+2]. The van der Waals surface area contributed by atoms with Crippen molar-refractivity contribution < 1.29 is 36.9 Å². The molecule has 0 aliphatic carbocycles. The van der Waals surface area contributed by atoms with E-state index in [0.717, 1.165) is 0 Å². The molecule has 1 rings (SSSR count). The molecule has 1 aromatic rings. The van der Waals surface area contributed by atoms with E-state index in [2.05, 4.69) is 0 Å². The predicted molar refractivity (Wildman–Crippen MR) is 50.5 cm³/mol. The summed E-state index contributed by atoms with van der Waals surface area (Å²) in [6.07, 6.45) is 0. The summed E-state index contributed by atoms with van der Waals surface area (Å²) in [5.41, 5.74) is 0. The van der Waals surface area contributed by atoms with Gasteiger partial charge in [0.1, 0.15) is 11.5 Å². The second-order valence-corrected chi connectivity index (χ2v) is 1.96. The van der Waals surface area contributed by atoms with E-state index in [1.165, 1.54) is 24.3 Å². The normalized spacial score (nSPS) is 7.06. The second kappa shape index (κ2) is 11.8. The minimum Gasteiger partial charge on any atom is -0.508 e. The first-order chi connectivity index (χ1) is 7.25. The maximum Gasteiger partial charge on any atom is 2.00 e. The van der Waals surface area contributed by atoms with E-state index in [9.17, 15) is 0 Å². The molecule has 1 aromatic carbocycles. The van der Waals surface area contributed by atoms with Gasteiger partial charge in [-0.1, -0.05) is 0 Å². The molecule has 98 valence electrons. The van der Waals surface area contributed by atoms with Crippen LogP contribution in [-0.2, 0) is 16.5 Å². The van der Waals surface area contributed by atoms with Crippen LogP contribution >= 0.6 is 0 Å². The molecule has 0 aromatic heterocycles. The maximum absolute atomic E-state index is 8.65. The number of nitrogens with zero attached hydrogens (tertiary/aromatic N) is 2. The first-order valence-corrected chi connectivity index (χ1v) is 3.36. The maximum atomic E-state index is 8.65. The second-order valence-electron chi connectivity index (χ2n) is 1.96. The fraction of sp³-hybridized carbons (Fsp3) is 0. The van der Waals surface area contributed by atoms with Gasteiger partial charge in [0.2, 0.25) is 0 Å². The van der Waals surface area contributed by atoms with Gasteiger partial charge in [-0.25, -0.2) is 0 Å². The fourth-order valence-corrected chi connectivity index (χ4v) is 0.453. The molecule has 0 radical (unpaired) electrons. The number of rotatable bonds is 0. The molecular formula is C6H6N2NiO8. The summed E-state index contributed by atoms with van der Waals surface area (Å²) in [5, 5.41) is 46.8. The van der Waals surface area contributed by atoms with Crippen molar-refractivity contribution in [2.45, 2.75) is 0 Å². The third kappa shape index (κ3) is 31.6. The summed E-state index contributed by atoms with van der Waals surface area (Å²) >= 11 is 0. The molecule has 0 aliphatic heterocycles. The smallest absolute Gasteiger partial charge is 0.508 e. The van der Waals surface area contributed by atoms with Gasteiger partial charge in [-0.3, -0.25) is 0 Å². The van der Waals surface area contributed by atoms with E-state index in [0.29, 0.717) is 0 Å². The summed E-state index contributed by atoms with van der Waals surface area (Å²) in [6, 6.07) is 5.70. The molecule has 0 atom stereocenters. The van der Waals surface area contributed by atoms with E-state index >= 15 is 0 Å². The van der Waals surface area contributed by atoms with Gasteiger partial charge in [-0.2, -0.15) is 0 Å². The van der Waals surface area contributed by atoms with Gasteiger partial charge in [0, 0.05) is 0 Å². The number of aromatic hydroxyl groups is 2. The van der Waals surface area contributed by atoms with Crippen LogP contribution < -0.4 is 0 Å². The van der Waals surface area contributed by atoms with Crippen LogP contribution in [0.25, 0.3) is 0 Å². The molecule has 0 unspecified atom stereocenters. The van der Waals surface area contributed by atoms with Crippen LogP contribution in [0.3, 0.4) is 0 Å². The topological polar surface area (TPSA) is 173 Å². The fourth-order valence-electron chi connectivity index (χ4n) is 0.453. The molecule has 0 fully saturated rings. The van der Waals surface area contributed by atoms with Gasteiger partial charge in [0.05, 0.1) is 10.2 Å². The molecule has 0 bridgehead atoms. The predicted octanol–water partition coefficient (Wildman–Crippen LogP) is 0.617. The van der Waals surface area contributed by atoms with Gasteiger partial charge in [0.15, 0.2) is 0 Å². The Morgan fingerprint density at radius 2 is 0.882 bits per heavy atom. The summed E-state index contributed by atoms with van der Waals surface area (Å²) in [7, 11) is 0. The Labute approximate surface area is 104 Å². The van der Waals surface area contributed by atoms with E-state index in [1.54, 1.807) is 0 Å². The molecule has 0 spiro atoms. The van der Waals surface area contributed by atoms with Crippen LogP contribution in [0.5, 0.6) is 11.5 Å². The Morgan fingerprint density at radius 3 is 1.00 bits per heavy atom. The van der Waals surface area contributed by atoms with Crippen LogP contribution in [0, 0.1) is 30.6 Å². The Kier molecular flexibility index (Phi) is 14.0. The van der Waals surface area contributed by atoms with Gasteiger partial charge < -0.3 is 40.9 Å². The zero-order valence-electron chi connectivity index (χ0n) is 7.86. The third-order valence-electron chi connectivity index (χ3n) is 0.850. The molecule has 17 heavy (non-hydrogen) atoms. The molecule has 0 heterocycles. The van der Waals surface area contributed by atoms with Gasteiger partial charge in [-0.15, -0.1) is 0 Å². The number of hydrogen-bond donors (Lipinski definition) is 2. The largest absolute Gasteiger partial charge is 2.00 e. The van der Waals surface area contributed by atoms with Crippen molar-refractivity contribution in [3.8, 4) is 11.5 Å². The number of phenolic OH excluding ortho intramolecular Hbond substituents is 2. The van der Waals surface area contributed by atoms with Crippen LogP contribution in [0.2, 0.25) is 0 Å². The first kappa shape index (κ1) is 20.2. The Bertz CT molecular complexity index is 288. The Hall–Kier alpha value is -2.29. The summed E-state index contributed by atoms with van der Waals surface area (Å²) in [4.78, 5) is 16.5. The van der Waals surface area contributed by atoms with Crippen LogP contribution in [0.4, 0.5) is 0 Å². The zero-order valence-corrected chi connectivity index (χ0v) is 8.85. The monoisotopic (exact) mass is 292 g/mol. The molecule has 10 nitrogen and oxygen atoms in total. The van der Waals surface area contributed by atoms with E-state index in [1.807, 2.05) is 0 Å². The van der Waals surface area contributed by atoms with Crippen LogP contribution in [0.1, 0.15) is 0 Å². The summed E-state index contributed by atoms with van der Waals surface area (Å²) in [5.74, 6) is 0.339. The molecule has 0 saturated carbocycles. The minimum atomic E-state index is -1.75. The average Bonchev–Trinajstić information content (AvgIpc) is 2.08. The van der Waals surface area contributed by atoms with Crippen molar-refractivity contribution in [3.63, 3.8) is 0 Å². The minimum absolute atomic E-state index is 0. The third-order valence-corrected chi connectivity index (χ3v) is 0.850. The molecule has 0 saturated heterocycles. The number of phenols is 2. The Morgan fingerprint density at radius 1 is 0.765 bits per heavy atom.